The zero-order valence-corrected chi connectivity index (χ0v) is 17.3. The van der Waals surface area contributed by atoms with Crippen LogP contribution in [0.3, 0.4) is 0 Å². The molecule has 2 aromatic rings. The van der Waals surface area contributed by atoms with Gasteiger partial charge in [0.05, 0.1) is 52.6 Å². The molecule has 2 aromatic heterocycles. The van der Waals surface area contributed by atoms with Crippen LogP contribution in [0.15, 0.2) is 44.2 Å². The predicted octanol–water partition coefficient (Wildman–Crippen LogP) is 3.23. The highest BCUT2D eigenvalue weighted by Gasteiger charge is 1.97. The summed E-state index contributed by atoms with van der Waals surface area (Å²) in [4.78, 5) is 22.1. The fourth-order valence-electron chi connectivity index (χ4n) is 2.31. The van der Waals surface area contributed by atoms with Gasteiger partial charge in [0.1, 0.15) is 0 Å². The maximum Gasteiger partial charge on any atom is 0.0662 e. The molecule has 0 aromatic carbocycles. The van der Waals surface area contributed by atoms with Gasteiger partial charge < -0.3 is 9.47 Å². The Morgan fingerprint density at radius 2 is 0.786 bits per heavy atom. The van der Waals surface area contributed by atoms with Gasteiger partial charge in [0.2, 0.25) is 0 Å². The summed E-state index contributed by atoms with van der Waals surface area (Å²) in [5.41, 5.74) is 0. The molecule has 4 bridgehead atoms. The zero-order chi connectivity index (χ0) is 19.3. The van der Waals surface area contributed by atoms with Crippen LogP contribution in [0.4, 0.5) is 0 Å². The molecule has 148 valence electrons. The molecule has 0 spiro atoms. The lowest BCUT2D eigenvalue weighted by atomic mass is 10.4. The van der Waals surface area contributed by atoms with Gasteiger partial charge >= 0.3 is 0 Å². The van der Waals surface area contributed by atoms with E-state index < -0.39 is 0 Å². The summed E-state index contributed by atoms with van der Waals surface area (Å²) >= 11 is 3.33. The number of hydrogen-bond donors (Lipinski definition) is 0. The quantitative estimate of drug-likeness (QED) is 0.662. The third-order valence-electron chi connectivity index (χ3n) is 3.63. The van der Waals surface area contributed by atoms with Gasteiger partial charge in [-0.25, -0.2) is 0 Å². The molecule has 0 atom stereocenters. The number of thiophene rings is 2. The van der Waals surface area contributed by atoms with Crippen molar-refractivity contribution < 1.29 is 9.47 Å². The largest absolute Gasteiger partial charge is 0.378 e. The minimum Gasteiger partial charge on any atom is -0.378 e. The highest BCUT2D eigenvalue weighted by Crippen LogP contribution is 2.13. The van der Waals surface area contributed by atoms with Gasteiger partial charge in [-0.3, -0.25) is 20.0 Å². The van der Waals surface area contributed by atoms with E-state index in [1.54, 1.807) is 22.7 Å². The van der Waals surface area contributed by atoms with E-state index in [2.05, 4.69) is 44.2 Å². The Kier molecular flexibility index (Phi) is 9.22. The van der Waals surface area contributed by atoms with E-state index in [1.165, 1.54) is 0 Å². The van der Waals surface area contributed by atoms with Crippen molar-refractivity contribution in [2.45, 2.75) is 0 Å². The summed E-state index contributed by atoms with van der Waals surface area (Å²) in [5.74, 6) is 0. The van der Waals surface area contributed by atoms with E-state index in [1.807, 2.05) is 24.9 Å². The van der Waals surface area contributed by atoms with Gasteiger partial charge in [-0.2, -0.15) is 0 Å². The normalized spacial score (nSPS) is 17.4. The van der Waals surface area contributed by atoms with E-state index in [9.17, 15) is 0 Å². The van der Waals surface area contributed by atoms with Crippen molar-refractivity contribution in [1.82, 2.24) is 0 Å². The van der Waals surface area contributed by atoms with Gasteiger partial charge in [-0.15, -0.1) is 22.7 Å². The van der Waals surface area contributed by atoms with Crippen molar-refractivity contribution in [3.05, 3.63) is 43.8 Å². The molecule has 8 heteroatoms. The topological polar surface area (TPSA) is 67.9 Å². The second-order valence-corrected chi connectivity index (χ2v) is 8.14. The van der Waals surface area contributed by atoms with E-state index in [0.29, 0.717) is 52.6 Å². The average molecular weight is 417 g/mol. The molecule has 0 aliphatic carbocycles. The van der Waals surface area contributed by atoms with Crippen LogP contribution in [0.2, 0.25) is 0 Å². The van der Waals surface area contributed by atoms with Crippen LogP contribution < -0.4 is 0 Å². The van der Waals surface area contributed by atoms with Gasteiger partial charge in [-0.05, 0) is 24.3 Å². The van der Waals surface area contributed by atoms with Crippen molar-refractivity contribution in [1.29, 1.82) is 0 Å². The summed E-state index contributed by atoms with van der Waals surface area (Å²) in [6.45, 7) is 5.01. The van der Waals surface area contributed by atoms with Crippen LogP contribution in [0.1, 0.15) is 19.5 Å². The molecule has 0 N–H and O–H groups in total. The summed E-state index contributed by atoms with van der Waals surface area (Å²) in [6, 6.07) is 8.21. The van der Waals surface area contributed by atoms with Crippen molar-refractivity contribution in [2.24, 2.45) is 20.0 Å². The maximum atomic E-state index is 5.57. The molecule has 3 rings (SSSR count). The summed E-state index contributed by atoms with van der Waals surface area (Å²) in [7, 11) is 0. The Morgan fingerprint density at radius 1 is 0.500 bits per heavy atom. The molecule has 6 nitrogen and oxygen atoms in total. The number of ether oxygens (including phenoxy) is 2. The highest BCUT2D eigenvalue weighted by molar-refractivity contribution is 7.15. The second-order valence-electron chi connectivity index (χ2n) is 5.85. The molecule has 28 heavy (non-hydrogen) atoms. The molecule has 0 amide bonds. The van der Waals surface area contributed by atoms with Crippen LogP contribution in [0.5, 0.6) is 0 Å². The van der Waals surface area contributed by atoms with Crippen molar-refractivity contribution >= 4 is 47.5 Å². The first-order valence-corrected chi connectivity index (χ1v) is 10.9. The molecule has 0 unspecified atom stereocenters. The molecule has 0 radical (unpaired) electrons. The molecule has 1 aliphatic rings. The third kappa shape index (κ3) is 7.93. The van der Waals surface area contributed by atoms with Gasteiger partial charge in [0, 0.05) is 44.4 Å². The summed E-state index contributed by atoms with van der Waals surface area (Å²) < 4.78 is 11.1. The van der Waals surface area contributed by atoms with Gasteiger partial charge in [-0.1, -0.05) is 0 Å². The van der Waals surface area contributed by atoms with Crippen LogP contribution in [-0.4, -0.2) is 77.5 Å². The lowest BCUT2D eigenvalue weighted by Gasteiger charge is -1.98. The number of aliphatic imine (C=N–C) groups is 4. The Bertz CT molecular complexity index is 695. The fraction of sp³-hybridized carbons (Fsp3) is 0.400. The summed E-state index contributed by atoms with van der Waals surface area (Å²) in [5, 5.41) is 0. The van der Waals surface area contributed by atoms with Crippen LogP contribution in [-0.2, 0) is 9.47 Å². The van der Waals surface area contributed by atoms with Crippen molar-refractivity contribution in [2.75, 3.05) is 52.6 Å². The van der Waals surface area contributed by atoms with Crippen LogP contribution >= 0.6 is 22.7 Å². The number of rotatable bonds is 0. The van der Waals surface area contributed by atoms with Crippen LogP contribution in [0.25, 0.3) is 0 Å². The molecule has 1 aliphatic heterocycles. The third-order valence-corrected chi connectivity index (χ3v) is 5.54. The van der Waals surface area contributed by atoms with Crippen molar-refractivity contribution in [3.63, 3.8) is 0 Å². The minimum atomic E-state index is 0.603. The Balaban J connectivity index is 1.53. The van der Waals surface area contributed by atoms with E-state index >= 15 is 0 Å². The Labute approximate surface area is 173 Å². The number of fused-ring (bicyclic) bond motifs is 4. The molecular weight excluding hydrogens is 392 g/mol. The molecule has 0 fully saturated rings. The van der Waals surface area contributed by atoms with E-state index in [4.69, 9.17) is 9.47 Å². The van der Waals surface area contributed by atoms with Crippen molar-refractivity contribution in [3.8, 4) is 0 Å². The monoisotopic (exact) mass is 416 g/mol. The number of nitrogens with zero attached hydrogens (tertiary/aromatic N) is 4. The van der Waals surface area contributed by atoms with Gasteiger partial charge in [0.15, 0.2) is 0 Å². The fourth-order valence-corrected chi connectivity index (χ4v) is 3.90. The molecule has 3 heterocycles. The predicted molar refractivity (Wildman–Crippen MR) is 120 cm³/mol. The summed E-state index contributed by atoms with van der Waals surface area (Å²) in [6.07, 6.45) is 7.56. The number of hydrogen-bond acceptors (Lipinski definition) is 8. The lowest BCUT2D eigenvalue weighted by molar-refractivity contribution is 0.150. The molecule has 0 saturated carbocycles. The second kappa shape index (κ2) is 12.5. The maximum absolute atomic E-state index is 5.57. The standard InChI is InChI=1S/C20H24N4O2S2/c1-2-18-14-22-6-10-26-12-8-24-16-20-4-3-19(28-20)15-23-7-11-25-9-5-21-13-17(1)27-18/h1-4,13-16H,5-12H2. The zero-order valence-electron chi connectivity index (χ0n) is 15.7. The minimum absolute atomic E-state index is 0.603. The first-order chi connectivity index (χ1) is 13.9. The Morgan fingerprint density at radius 3 is 1.07 bits per heavy atom. The first kappa shape index (κ1) is 20.7. The van der Waals surface area contributed by atoms with Crippen LogP contribution in [0, 0.1) is 0 Å². The van der Waals surface area contributed by atoms with E-state index in [0.717, 1.165) is 19.5 Å². The smallest absolute Gasteiger partial charge is 0.0662 e. The Hall–Kier alpha value is -2.00. The lowest BCUT2D eigenvalue weighted by Crippen LogP contribution is -2.03. The highest BCUT2D eigenvalue weighted by atomic mass is 32.1. The molecular formula is C20H24N4O2S2. The first-order valence-electron chi connectivity index (χ1n) is 9.24. The van der Waals surface area contributed by atoms with E-state index in [-0.39, 0.29) is 0 Å². The van der Waals surface area contributed by atoms with Gasteiger partial charge in [0.25, 0.3) is 0 Å². The average Bonchev–Trinajstić information content (AvgIpc) is 3.34. The molecule has 0 saturated heterocycles. The SMILES string of the molecule is C1=NCCOCCN=Cc2ccc(s2)C=NCCOCCN=Cc2ccc1s2.